The van der Waals surface area contributed by atoms with Gasteiger partial charge in [-0.1, -0.05) is 6.07 Å². The summed E-state index contributed by atoms with van der Waals surface area (Å²) >= 11 is 1.86. The van der Waals surface area contributed by atoms with E-state index < -0.39 is 0 Å². The first-order valence-electron chi connectivity index (χ1n) is 7.38. The molecular weight excluding hydrogens is 282 g/mol. The molecule has 3 rings (SSSR count). The third-order valence-electron chi connectivity index (χ3n) is 3.72. The van der Waals surface area contributed by atoms with Crippen LogP contribution in [0.25, 0.3) is 0 Å². The molecule has 0 saturated heterocycles. The number of hydrogen-bond donors (Lipinski definition) is 1. The normalized spacial score (nSPS) is 14.4. The average Bonchev–Trinajstić information content (AvgIpc) is 3.10. The van der Waals surface area contributed by atoms with Crippen LogP contribution in [0.1, 0.15) is 28.7 Å². The number of thiophene rings is 1. The lowest BCUT2D eigenvalue weighted by atomic mass is 10.1. The predicted molar refractivity (Wildman–Crippen MR) is 86.2 cm³/mol. The van der Waals surface area contributed by atoms with Gasteiger partial charge in [-0.3, -0.25) is 0 Å². The summed E-state index contributed by atoms with van der Waals surface area (Å²) in [6.07, 6.45) is 2.16. The summed E-state index contributed by atoms with van der Waals surface area (Å²) in [5.41, 5.74) is 1.31. The number of nitrogens with one attached hydrogen (secondary N) is 1. The molecule has 2 aromatic rings. The minimum absolute atomic E-state index is 0.344. The van der Waals surface area contributed by atoms with E-state index in [1.807, 2.05) is 17.4 Å². The highest BCUT2D eigenvalue weighted by molar-refractivity contribution is 7.11. The zero-order valence-electron chi connectivity index (χ0n) is 12.5. The summed E-state index contributed by atoms with van der Waals surface area (Å²) in [5, 5.41) is 3.59. The highest BCUT2D eigenvalue weighted by Gasteiger charge is 2.13. The average molecular weight is 303 g/mol. The van der Waals surface area contributed by atoms with E-state index in [4.69, 9.17) is 9.47 Å². The van der Waals surface area contributed by atoms with Crippen LogP contribution in [-0.4, -0.2) is 12.8 Å². The van der Waals surface area contributed by atoms with Crippen molar-refractivity contribution in [2.45, 2.75) is 39.3 Å². The summed E-state index contributed by atoms with van der Waals surface area (Å²) in [6, 6.07) is 11.1. The number of ether oxygens (including phenoxy) is 2. The smallest absolute Gasteiger partial charge is 0.231 e. The van der Waals surface area contributed by atoms with Gasteiger partial charge in [0.1, 0.15) is 0 Å². The number of rotatable bonds is 6. The van der Waals surface area contributed by atoms with Gasteiger partial charge in [-0.25, -0.2) is 0 Å². The maximum Gasteiger partial charge on any atom is 0.231 e. The molecule has 0 fully saturated rings. The molecule has 1 aromatic carbocycles. The van der Waals surface area contributed by atoms with Crippen LogP contribution in [0.3, 0.4) is 0 Å². The van der Waals surface area contributed by atoms with E-state index in [2.05, 4.69) is 43.4 Å². The fourth-order valence-corrected chi connectivity index (χ4v) is 3.28. The zero-order chi connectivity index (χ0) is 14.7. The lowest BCUT2D eigenvalue weighted by Gasteiger charge is -2.13. The first-order chi connectivity index (χ1) is 10.2. The van der Waals surface area contributed by atoms with E-state index in [0.717, 1.165) is 30.9 Å². The Bertz CT molecular complexity index is 609. The molecule has 21 heavy (non-hydrogen) atoms. The number of benzene rings is 1. The molecule has 0 saturated carbocycles. The van der Waals surface area contributed by atoms with Crippen molar-refractivity contribution in [3.8, 4) is 11.5 Å². The van der Waals surface area contributed by atoms with Gasteiger partial charge < -0.3 is 14.8 Å². The number of aryl methyl sites for hydroxylation is 2. The molecule has 2 heterocycles. The molecule has 1 atom stereocenters. The monoisotopic (exact) mass is 303 g/mol. The van der Waals surface area contributed by atoms with Crippen molar-refractivity contribution in [2.75, 3.05) is 6.79 Å². The lowest BCUT2D eigenvalue weighted by molar-refractivity contribution is 0.174. The van der Waals surface area contributed by atoms with E-state index in [9.17, 15) is 0 Å². The maximum absolute atomic E-state index is 5.42. The van der Waals surface area contributed by atoms with Crippen molar-refractivity contribution in [3.05, 3.63) is 45.6 Å². The first-order valence-corrected chi connectivity index (χ1v) is 8.19. The quantitative estimate of drug-likeness (QED) is 0.878. The van der Waals surface area contributed by atoms with Gasteiger partial charge >= 0.3 is 0 Å². The molecule has 112 valence electrons. The molecule has 0 bridgehead atoms. The van der Waals surface area contributed by atoms with Crippen LogP contribution >= 0.6 is 11.3 Å². The second kappa shape index (κ2) is 6.50. The Morgan fingerprint density at radius 3 is 2.86 bits per heavy atom. The molecule has 3 nitrogen and oxygen atoms in total. The summed E-state index contributed by atoms with van der Waals surface area (Å²) in [6.45, 7) is 5.70. The van der Waals surface area contributed by atoms with Crippen molar-refractivity contribution in [1.29, 1.82) is 0 Å². The second-order valence-electron chi connectivity index (χ2n) is 5.52. The molecule has 0 spiro atoms. The Morgan fingerprint density at radius 2 is 2.05 bits per heavy atom. The van der Waals surface area contributed by atoms with Gasteiger partial charge in [-0.15, -0.1) is 11.3 Å². The Kier molecular flexibility index (Phi) is 4.46. The second-order valence-corrected chi connectivity index (χ2v) is 6.89. The molecule has 4 heteroatoms. The Balaban J connectivity index is 1.46. The summed E-state index contributed by atoms with van der Waals surface area (Å²) in [4.78, 5) is 2.78. The SMILES string of the molecule is Cc1ccc(CNC(C)CCc2ccc3c(c2)OCO3)s1. The van der Waals surface area contributed by atoms with Gasteiger partial charge in [0.2, 0.25) is 6.79 Å². The van der Waals surface area contributed by atoms with E-state index in [1.54, 1.807) is 0 Å². The minimum atomic E-state index is 0.344. The van der Waals surface area contributed by atoms with Crippen LogP contribution in [0.2, 0.25) is 0 Å². The summed E-state index contributed by atoms with van der Waals surface area (Å²) in [7, 11) is 0. The molecular formula is C17H21NO2S. The van der Waals surface area contributed by atoms with E-state index in [0.29, 0.717) is 12.8 Å². The topological polar surface area (TPSA) is 30.5 Å². The van der Waals surface area contributed by atoms with Gasteiger partial charge in [-0.2, -0.15) is 0 Å². The van der Waals surface area contributed by atoms with E-state index >= 15 is 0 Å². The molecule has 1 aromatic heterocycles. The zero-order valence-corrected chi connectivity index (χ0v) is 13.3. The van der Waals surface area contributed by atoms with Crippen molar-refractivity contribution in [1.82, 2.24) is 5.32 Å². The van der Waals surface area contributed by atoms with Crippen molar-refractivity contribution in [3.63, 3.8) is 0 Å². The summed E-state index contributed by atoms with van der Waals surface area (Å²) in [5.74, 6) is 1.74. The third-order valence-corrected chi connectivity index (χ3v) is 4.72. The Hall–Kier alpha value is -1.52. The lowest BCUT2D eigenvalue weighted by Crippen LogP contribution is -2.25. The van der Waals surface area contributed by atoms with Gasteiger partial charge in [0.25, 0.3) is 0 Å². The molecule has 0 radical (unpaired) electrons. The number of hydrogen-bond acceptors (Lipinski definition) is 4. The van der Waals surface area contributed by atoms with Gasteiger partial charge in [0, 0.05) is 22.3 Å². The highest BCUT2D eigenvalue weighted by atomic mass is 32.1. The van der Waals surface area contributed by atoms with Crippen LogP contribution in [0.5, 0.6) is 11.5 Å². The van der Waals surface area contributed by atoms with Gasteiger partial charge in [-0.05, 0) is 56.5 Å². The maximum atomic E-state index is 5.42. The van der Waals surface area contributed by atoms with Crippen molar-refractivity contribution >= 4 is 11.3 Å². The molecule has 0 aliphatic carbocycles. The first kappa shape index (κ1) is 14.4. The molecule has 0 amide bonds. The van der Waals surface area contributed by atoms with Crippen LogP contribution < -0.4 is 14.8 Å². The molecule has 1 unspecified atom stereocenters. The Labute approximate surface area is 129 Å². The molecule has 1 aliphatic rings. The Morgan fingerprint density at radius 1 is 1.19 bits per heavy atom. The van der Waals surface area contributed by atoms with Crippen LogP contribution in [0.15, 0.2) is 30.3 Å². The minimum Gasteiger partial charge on any atom is -0.454 e. The van der Waals surface area contributed by atoms with Crippen LogP contribution in [-0.2, 0) is 13.0 Å². The predicted octanol–water partition coefficient (Wildman–Crippen LogP) is 3.90. The molecule has 1 N–H and O–H groups in total. The van der Waals surface area contributed by atoms with Crippen LogP contribution in [0, 0.1) is 6.92 Å². The largest absolute Gasteiger partial charge is 0.454 e. The highest BCUT2D eigenvalue weighted by Crippen LogP contribution is 2.32. The standard InChI is InChI=1S/C17H21NO2S/c1-12(18-10-15-7-4-13(2)21-15)3-5-14-6-8-16-17(9-14)20-11-19-16/h4,6-9,12,18H,3,5,10-11H2,1-2H3. The number of fused-ring (bicyclic) bond motifs is 1. The van der Waals surface area contributed by atoms with Gasteiger partial charge in [0.05, 0.1) is 0 Å². The fraction of sp³-hybridized carbons (Fsp3) is 0.412. The fourth-order valence-electron chi connectivity index (χ4n) is 2.44. The molecule has 1 aliphatic heterocycles. The van der Waals surface area contributed by atoms with E-state index in [1.165, 1.54) is 15.3 Å². The summed E-state index contributed by atoms with van der Waals surface area (Å²) < 4.78 is 10.8. The van der Waals surface area contributed by atoms with Crippen molar-refractivity contribution in [2.24, 2.45) is 0 Å². The van der Waals surface area contributed by atoms with E-state index in [-0.39, 0.29) is 0 Å². The van der Waals surface area contributed by atoms with Crippen molar-refractivity contribution < 1.29 is 9.47 Å². The van der Waals surface area contributed by atoms with Crippen LogP contribution in [0.4, 0.5) is 0 Å². The third kappa shape index (κ3) is 3.77. The van der Waals surface area contributed by atoms with Gasteiger partial charge in [0.15, 0.2) is 11.5 Å².